The van der Waals surface area contributed by atoms with Crippen LogP contribution in [0.4, 0.5) is 24.5 Å². The number of benzene rings is 2. The molecule has 0 amide bonds. The van der Waals surface area contributed by atoms with E-state index >= 15 is 0 Å². The molecule has 2 aromatic carbocycles. The van der Waals surface area contributed by atoms with Gasteiger partial charge in [-0.25, -0.2) is 0 Å². The molecule has 0 aromatic heterocycles. The second-order valence-corrected chi connectivity index (χ2v) is 5.44. The third kappa shape index (κ3) is 3.69. The Morgan fingerprint density at radius 3 is 2.43 bits per heavy atom. The van der Waals surface area contributed by atoms with E-state index in [-0.39, 0.29) is 11.3 Å². The van der Waals surface area contributed by atoms with E-state index in [1.54, 1.807) is 24.3 Å². The van der Waals surface area contributed by atoms with Gasteiger partial charge in [0.1, 0.15) is 6.07 Å². The highest BCUT2D eigenvalue weighted by molar-refractivity contribution is 9.10. The maximum atomic E-state index is 12.6. The van der Waals surface area contributed by atoms with Crippen molar-refractivity contribution in [2.24, 2.45) is 0 Å². The Hall–Kier alpha value is -1.71. The number of hydrogen-bond acceptors (Lipinski definition) is 2. The molecule has 0 aliphatic carbocycles. The van der Waals surface area contributed by atoms with Gasteiger partial charge in [0.15, 0.2) is 0 Å². The van der Waals surface area contributed by atoms with Crippen LogP contribution in [0.15, 0.2) is 40.9 Å². The first kappa shape index (κ1) is 15.7. The summed E-state index contributed by atoms with van der Waals surface area (Å²) in [5, 5.41) is 12.3. The molecule has 0 spiro atoms. The first-order valence-corrected chi connectivity index (χ1v) is 6.82. The summed E-state index contributed by atoms with van der Waals surface area (Å²) in [6.07, 6.45) is -4.49. The molecule has 0 atom stereocenters. The van der Waals surface area contributed by atoms with Crippen LogP contribution in [-0.2, 0) is 6.18 Å². The van der Waals surface area contributed by atoms with Crippen LogP contribution >= 0.6 is 27.5 Å². The van der Waals surface area contributed by atoms with Crippen LogP contribution < -0.4 is 5.32 Å². The predicted octanol–water partition coefficient (Wildman–Crippen LogP) is 5.74. The van der Waals surface area contributed by atoms with Gasteiger partial charge in [0.2, 0.25) is 0 Å². The standard InChI is InChI=1S/C14H7BrClF3N2/c15-10-2-3-11(16)13(6-10)21-12-4-1-9(14(17,18)19)5-8(12)7-20/h1-6,21H. The minimum atomic E-state index is -4.49. The predicted molar refractivity (Wildman–Crippen MR) is 78.6 cm³/mol. The van der Waals surface area contributed by atoms with Gasteiger partial charge in [0.05, 0.1) is 27.5 Å². The van der Waals surface area contributed by atoms with Crippen molar-refractivity contribution in [1.29, 1.82) is 5.26 Å². The lowest BCUT2D eigenvalue weighted by atomic mass is 10.1. The first-order chi connectivity index (χ1) is 9.81. The van der Waals surface area contributed by atoms with Gasteiger partial charge in [0.25, 0.3) is 0 Å². The van der Waals surface area contributed by atoms with Crippen molar-refractivity contribution in [3.05, 3.63) is 57.0 Å². The van der Waals surface area contributed by atoms with Crippen molar-refractivity contribution >= 4 is 38.9 Å². The number of nitriles is 1. The van der Waals surface area contributed by atoms with Crippen LogP contribution in [0.1, 0.15) is 11.1 Å². The molecule has 0 saturated heterocycles. The fraction of sp³-hybridized carbons (Fsp3) is 0.0714. The molecule has 0 bridgehead atoms. The lowest BCUT2D eigenvalue weighted by Crippen LogP contribution is -2.06. The molecule has 2 rings (SSSR count). The topological polar surface area (TPSA) is 35.8 Å². The number of halogens is 5. The summed E-state index contributed by atoms with van der Waals surface area (Å²) in [4.78, 5) is 0. The molecule has 108 valence electrons. The molecule has 0 saturated carbocycles. The summed E-state index contributed by atoms with van der Waals surface area (Å²) in [6, 6.07) is 9.69. The SMILES string of the molecule is N#Cc1cc(C(F)(F)F)ccc1Nc1cc(Br)ccc1Cl. The normalized spacial score (nSPS) is 11.0. The zero-order valence-corrected chi connectivity index (χ0v) is 12.6. The van der Waals surface area contributed by atoms with Crippen molar-refractivity contribution < 1.29 is 13.2 Å². The average Bonchev–Trinajstić information content (AvgIpc) is 2.42. The van der Waals surface area contributed by atoms with Crippen molar-refractivity contribution in [3.63, 3.8) is 0 Å². The molecule has 0 unspecified atom stereocenters. The van der Waals surface area contributed by atoms with E-state index in [4.69, 9.17) is 16.9 Å². The summed E-state index contributed by atoms with van der Waals surface area (Å²) in [7, 11) is 0. The highest BCUT2D eigenvalue weighted by atomic mass is 79.9. The average molecular weight is 376 g/mol. The van der Waals surface area contributed by atoms with E-state index < -0.39 is 11.7 Å². The zero-order chi connectivity index (χ0) is 15.6. The van der Waals surface area contributed by atoms with Crippen molar-refractivity contribution in [1.82, 2.24) is 0 Å². The Labute approximate surface area is 132 Å². The summed E-state index contributed by atoms with van der Waals surface area (Å²) in [5.41, 5.74) is -0.237. The second-order valence-electron chi connectivity index (χ2n) is 4.12. The fourth-order valence-corrected chi connectivity index (χ4v) is 2.19. The molecular formula is C14H7BrClF3N2. The molecule has 0 aliphatic heterocycles. The van der Waals surface area contributed by atoms with Gasteiger partial charge in [-0.15, -0.1) is 0 Å². The van der Waals surface area contributed by atoms with Gasteiger partial charge in [-0.05, 0) is 36.4 Å². The molecule has 1 N–H and O–H groups in total. The number of nitrogens with one attached hydrogen (secondary N) is 1. The molecule has 0 fully saturated rings. The van der Waals surface area contributed by atoms with Crippen molar-refractivity contribution in [2.45, 2.75) is 6.18 Å². The Morgan fingerprint density at radius 1 is 1.10 bits per heavy atom. The van der Waals surface area contributed by atoms with Gasteiger partial charge in [-0.2, -0.15) is 18.4 Å². The molecule has 2 nitrogen and oxygen atoms in total. The van der Waals surface area contributed by atoms with Crippen LogP contribution in [0.3, 0.4) is 0 Å². The molecular weight excluding hydrogens is 369 g/mol. The van der Waals surface area contributed by atoms with Crippen LogP contribution in [0.2, 0.25) is 5.02 Å². The highest BCUT2D eigenvalue weighted by Crippen LogP contribution is 2.34. The molecule has 2 aromatic rings. The molecule has 7 heteroatoms. The van der Waals surface area contributed by atoms with Gasteiger partial charge >= 0.3 is 6.18 Å². The summed E-state index contributed by atoms with van der Waals surface area (Å²) >= 11 is 9.27. The lowest BCUT2D eigenvalue weighted by Gasteiger charge is -2.13. The van der Waals surface area contributed by atoms with Gasteiger partial charge in [0, 0.05) is 4.47 Å². The van der Waals surface area contributed by atoms with Crippen LogP contribution in [0.5, 0.6) is 0 Å². The number of hydrogen-bond donors (Lipinski definition) is 1. The van der Waals surface area contributed by atoms with E-state index in [0.717, 1.165) is 16.6 Å². The Balaban J connectivity index is 2.41. The summed E-state index contributed by atoms with van der Waals surface area (Å²) in [6.45, 7) is 0. The van der Waals surface area contributed by atoms with E-state index in [0.29, 0.717) is 10.7 Å². The van der Waals surface area contributed by atoms with Crippen LogP contribution in [0, 0.1) is 11.3 Å². The van der Waals surface area contributed by atoms with Crippen LogP contribution in [-0.4, -0.2) is 0 Å². The lowest BCUT2D eigenvalue weighted by molar-refractivity contribution is -0.137. The minimum Gasteiger partial charge on any atom is -0.353 e. The fourth-order valence-electron chi connectivity index (χ4n) is 1.66. The van der Waals surface area contributed by atoms with Crippen LogP contribution in [0.25, 0.3) is 0 Å². The van der Waals surface area contributed by atoms with E-state index in [1.807, 2.05) is 0 Å². The van der Waals surface area contributed by atoms with Gasteiger partial charge in [-0.3, -0.25) is 0 Å². The van der Waals surface area contributed by atoms with Crippen molar-refractivity contribution in [3.8, 4) is 6.07 Å². The summed E-state index contributed by atoms with van der Waals surface area (Å²) < 4.78 is 38.6. The maximum Gasteiger partial charge on any atom is 0.416 e. The number of rotatable bonds is 2. The van der Waals surface area contributed by atoms with Crippen molar-refractivity contribution in [2.75, 3.05) is 5.32 Å². The molecule has 0 heterocycles. The number of alkyl halides is 3. The molecule has 0 aliphatic rings. The largest absolute Gasteiger partial charge is 0.416 e. The van der Waals surface area contributed by atoms with Gasteiger partial charge < -0.3 is 5.32 Å². The number of nitrogens with zero attached hydrogens (tertiary/aromatic N) is 1. The highest BCUT2D eigenvalue weighted by Gasteiger charge is 2.31. The summed E-state index contributed by atoms with van der Waals surface area (Å²) in [5.74, 6) is 0. The molecule has 0 radical (unpaired) electrons. The second kappa shape index (κ2) is 5.96. The van der Waals surface area contributed by atoms with E-state index in [2.05, 4.69) is 21.2 Å². The molecule has 21 heavy (non-hydrogen) atoms. The Kier molecular flexibility index (Phi) is 4.45. The smallest absolute Gasteiger partial charge is 0.353 e. The minimum absolute atomic E-state index is 0.110. The van der Waals surface area contributed by atoms with E-state index in [1.165, 1.54) is 6.07 Å². The third-order valence-corrected chi connectivity index (χ3v) is 3.49. The number of anilines is 2. The Bertz CT molecular complexity index is 723. The Morgan fingerprint density at radius 2 is 1.81 bits per heavy atom. The third-order valence-electron chi connectivity index (χ3n) is 2.67. The monoisotopic (exact) mass is 374 g/mol. The zero-order valence-electron chi connectivity index (χ0n) is 10.3. The van der Waals surface area contributed by atoms with Gasteiger partial charge in [-0.1, -0.05) is 27.5 Å². The van der Waals surface area contributed by atoms with E-state index in [9.17, 15) is 13.2 Å². The first-order valence-electron chi connectivity index (χ1n) is 5.64. The maximum absolute atomic E-state index is 12.6. The quantitative estimate of drug-likeness (QED) is 0.727.